The molecule has 0 saturated carbocycles. The van der Waals surface area contributed by atoms with Gasteiger partial charge in [0.15, 0.2) is 5.82 Å². The van der Waals surface area contributed by atoms with Crippen LogP contribution < -0.4 is 10.6 Å². The quantitative estimate of drug-likeness (QED) is 0.811. The molecule has 132 valence electrons. The van der Waals surface area contributed by atoms with Gasteiger partial charge in [-0.1, -0.05) is 25.9 Å². The van der Waals surface area contributed by atoms with Crippen LogP contribution in [0.1, 0.15) is 63.5 Å². The van der Waals surface area contributed by atoms with Gasteiger partial charge in [-0.25, -0.2) is 9.48 Å². The summed E-state index contributed by atoms with van der Waals surface area (Å²) in [5, 5.41) is 14.0. The molecule has 2 amide bonds. The largest absolute Gasteiger partial charge is 0.339 e. The highest BCUT2D eigenvalue weighted by Gasteiger charge is 2.13. The molecule has 8 heteroatoms. The molecule has 2 aromatic heterocycles. The van der Waals surface area contributed by atoms with Crippen LogP contribution in [0.4, 0.5) is 10.6 Å². The summed E-state index contributed by atoms with van der Waals surface area (Å²) in [6.45, 7) is 10.5. The maximum absolute atomic E-state index is 12.1. The molecule has 8 nitrogen and oxygen atoms in total. The molecule has 0 aliphatic carbocycles. The van der Waals surface area contributed by atoms with Gasteiger partial charge in [0.2, 0.25) is 5.89 Å². The van der Waals surface area contributed by atoms with Crippen LogP contribution in [0, 0.1) is 6.92 Å². The summed E-state index contributed by atoms with van der Waals surface area (Å²) < 4.78 is 6.97. The number of urea groups is 1. The number of aryl methyl sites for hydroxylation is 1. The van der Waals surface area contributed by atoms with Crippen LogP contribution >= 0.6 is 0 Å². The first-order valence-corrected chi connectivity index (χ1v) is 8.34. The molecule has 0 bridgehead atoms. The monoisotopic (exact) mass is 334 g/mol. The van der Waals surface area contributed by atoms with E-state index in [1.165, 1.54) is 0 Å². The number of nitrogens with zero attached hydrogens (tertiary/aromatic N) is 4. The summed E-state index contributed by atoms with van der Waals surface area (Å²) in [7, 11) is 0. The molecule has 24 heavy (non-hydrogen) atoms. The van der Waals surface area contributed by atoms with Crippen molar-refractivity contribution in [3.63, 3.8) is 0 Å². The molecule has 2 aromatic rings. The van der Waals surface area contributed by atoms with E-state index in [0.29, 0.717) is 30.5 Å². The maximum atomic E-state index is 12.1. The van der Waals surface area contributed by atoms with E-state index in [1.807, 2.05) is 31.5 Å². The molecule has 1 unspecified atom stereocenters. The summed E-state index contributed by atoms with van der Waals surface area (Å²) in [6.07, 6.45) is 1.46. The number of carbonyl (C=O) groups excluding carboxylic acids is 1. The Morgan fingerprint density at radius 2 is 2.12 bits per heavy atom. The lowest BCUT2D eigenvalue weighted by Crippen LogP contribution is -2.31. The fraction of sp³-hybridized carbons (Fsp3) is 0.625. The van der Waals surface area contributed by atoms with Gasteiger partial charge >= 0.3 is 6.03 Å². The van der Waals surface area contributed by atoms with Crippen molar-refractivity contribution in [1.29, 1.82) is 0 Å². The van der Waals surface area contributed by atoms with E-state index in [2.05, 4.69) is 39.7 Å². The van der Waals surface area contributed by atoms with E-state index in [9.17, 15) is 4.79 Å². The van der Waals surface area contributed by atoms with Crippen LogP contribution in [0.3, 0.4) is 0 Å². The maximum Gasteiger partial charge on any atom is 0.320 e. The Kier molecular flexibility index (Phi) is 5.94. The number of nitrogens with one attached hydrogen (secondary N) is 2. The predicted molar refractivity (Wildman–Crippen MR) is 91.1 cm³/mol. The standard InChI is InChI=1S/C16H26N6O2/c1-6-12(5)22-14(9-11(4)20-22)19-16(23)17-8-7-13-18-15(10(2)3)24-21-13/h9-10,12H,6-8H2,1-5H3,(H2,17,19,23). The van der Waals surface area contributed by atoms with Crippen LogP contribution in [0.2, 0.25) is 0 Å². The van der Waals surface area contributed by atoms with Gasteiger partial charge in [-0.05, 0) is 20.3 Å². The van der Waals surface area contributed by atoms with Gasteiger partial charge in [0.1, 0.15) is 5.82 Å². The number of aromatic nitrogens is 4. The van der Waals surface area contributed by atoms with E-state index in [0.717, 1.165) is 12.1 Å². The van der Waals surface area contributed by atoms with E-state index in [1.54, 1.807) is 0 Å². The molecule has 0 aliphatic heterocycles. The molecule has 1 atom stereocenters. The van der Waals surface area contributed by atoms with Gasteiger partial charge in [-0.2, -0.15) is 10.1 Å². The smallest absolute Gasteiger partial charge is 0.320 e. The van der Waals surface area contributed by atoms with Crippen molar-refractivity contribution in [2.24, 2.45) is 0 Å². The third-order valence-corrected chi connectivity index (χ3v) is 3.72. The number of carbonyl (C=O) groups is 1. The minimum absolute atomic E-state index is 0.201. The highest BCUT2D eigenvalue weighted by Crippen LogP contribution is 2.18. The summed E-state index contributed by atoms with van der Waals surface area (Å²) >= 11 is 0. The average molecular weight is 334 g/mol. The van der Waals surface area contributed by atoms with E-state index in [-0.39, 0.29) is 18.0 Å². The molecule has 2 heterocycles. The summed E-state index contributed by atoms with van der Waals surface area (Å²) in [4.78, 5) is 16.3. The fourth-order valence-electron chi connectivity index (χ4n) is 2.17. The number of amides is 2. The van der Waals surface area contributed by atoms with E-state index in [4.69, 9.17) is 4.52 Å². The third kappa shape index (κ3) is 4.56. The van der Waals surface area contributed by atoms with Crippen molar-refractivity contribution in [2.45, 2.75) is 59.4 Å². The zero-order valence-corrected chi connectivity index (χ0v) is 15.0. The van der Waals surface area contributed by atoms with Crippen molar-refractivity contribution in [1.82, 2.24) is 25.2 Å². The van der Waals surface area contributed by atoms with E-state index >= 15 is 0 Å². The van der Waals surface area contributed by atoms with Gasteiger partial charge in [-0.3, -0.25) is 5.32 Å². The molecule has 0 fully saturated rings. The second-order valence-corrected chi connectivity index (χ2v) is 6.21. The van der Waals surface area contributed by atoms with Crippen LogP contribution in [-0.4, -0.2) is 32.5 Å². The van der Waals surface area contributed by atoms with Gasteiger partial charge in [0, 0.05) is 24.9 Å². The van der Waals surface area contributed by atoms with E-state index < -0.39 is 0 Å². The Morgan fingerprint density at radius 3 is 2.75 bits per heavy atom. The van der Waals surface area contributed by atoms with Crippen LogP contribution in [0.25, 0.3) is 0 Å². The Bertz CT molecular complexity index is 676. The Hall–Kier alpha value is -2.38. The number of anilines is 1. The first-order valence-electron chi connectivity index (χ1n) is 8.34. The average Bonchev–Trinajstić information content (AvgIpc) is 3.13. The highest BCUT2D eigenvalue weighted by atomic mass is 16.5. The predicted octanol–water partition coefficient (Wildman–Crippen LogP) is 3.03. The lowest BCUT2D eigenvalue weighted by atomic mass is 10.2. The molecule has 2 N–H and O–H groups in total. The van der Waals surface area contributed by atoms with Gasteiger partial charge in [0.05, 0.1) is 11.7 Å². The molecule has 0 spiro atoms. The normalized spacial score (nSPS) is 12.4. The molecular weight excluding hydrogens is 308 g/mol. The van der Waals surface area contributed by atoms with Gasteiger partial charge < -0.3 is 9.84 Å². The van der Waals surface area contributed by atoms with Crippen molar-refractivity contribution in [3.05, 3.63) is 23.5 Å². The molecular formula is C16H26N6O2. The van der Waals surface area contributed by atoms with Crippen molar-refractivity contribution in [2.75, 3.05) is 11.9 Å². The minimum atomic E-state index is -0.271. The Morgan fingerprint density at radius 1 is 1.38 bits per heavy atom. The summed E-state index contributed by atoms with van der Waals surface area (Å²) in [5.41, 5.74) is 0.874. The van der Waals surface area contributed by atoms with Crippen molar-refractivity contribution < 1.29 is 9.32 Å². The molecule has 0 aromatic carbocycles. The third-order valence-electron chi connectivity index (χ3n) is 3.72. The first-order chi connectivity index (χ1) is 11.4. The SMILES string of the molecule is CCC(C)n1nc(C)cc1NC(=O)NCCc1noc(C(C)C)n1. The second-order valence-electron chi connectivity index (χ2n) is 6.21. The minimum Gasteiger partial charge on any atom is -0.339 e. The summed E-state index contributed by atoms with van der Waals surface area (Å²) in [5.74, 6) is 2.11. The first kappa shape index (κ1) is 18.0. The van der Waals surface area contributed by atoms with Crippen LogP contribution in [0.15, 0.2) is 10.6 Å². The topological polar surface area (TPSA) is 97.9 Å². The van der Waals surface area contributed by atoms with Crippen molar-refractivity contribution >= 4 is 11.8 Å². The highest BCUT2D eigenvalue weighted by molar-refractivity contribution is 5.88. The molecule has 2 rings (SSSR count). The fourth-order valence-corrected chi connectivity index (χ4v) is 2.17. The van der Waals surface area contributed by atoms with Crippen LogP contribution in [0.5, 0.6) is 0 Å². The van der Waals surface area contributed by atoms with Gasteiger partial charge in [0.25, 0.3) is 0 Å². The second kappa shape index (κ2) is 7.94. The molecule has 0 radical (unpaired) electrons. The lowest BCUT2D eigenvalue weighted by molar-refractivity contribution is 0.252. The number of rotatable bonds is 7. The Balaban J connectivity index is 1.85. The Labute approximate surface area is 142 Å². The summed E-state index contributed by atoms with van der Waals surface area (Å²) in [6, 6.07) is 1.81. The number of hydrogen-bond donors (Lipinski definition) is 2. The number of hydrogen-bond acceptors (Lipinski definition) is 5. The van der Waals surface area contributed by atoms with Crippen molar-refractivity contribution in [3.8, 4) is 0 Å². The van der Waals surface area contributed by atoms with Crippen LogP contribution in [-0.2, 0) is 6.42 Å². The molecule has 0 aliphatic rings. The van der Waals surface area contributed by atoms with Gasteiger partial charge in [-0.15, -0.1) is 0 Å². The zero-order chi connectivity index (χ0) is 17.7. The lowest BCUT2D eigenvalue weighted by Gasteiger charge is -2.14. The zero-order valence-electron chi connectivity index (χ0n) is 15.0. The molecule has 0 saturated heterocycles.